The van der Waals surface area contributed by atoms with Crippen LogP contribution in [0.25, 0.3) is 0 Å². The van der Waals surface area contributed by atoms with Gasteiger partial charge in [-0.3, -0.25) is 4.79 Å². The molecule has 1 atom stereocenters. The van der Waals surface area contributed by atoms with Crippen LogP contribution in [0.3, 0.4) is 0 Å². The van der Waals surface area contributed by atoms with Gasteiger partial charge in [-0.15, -0.1) is 0 Å². The van der Waals surface area contributed by atoms with E-state index >= 15 is 0 Å². The molecule has 5 heteroatoms. The summed E-state index contributed by atoms with van der Waals surface area (Å²) in [6, 6.07) is 9.33. The fraction of sp³-hybridized carbons (Fsp3) is 0.556. The van der Waals surface area contributed by atoms with E-state index in [9.17, 15) is 9.59 Å². The number of aliphatic carboxylic acids is 1. The highest BCUT2D eigenvalue weighted by atomic mass is 16.4. The Hall–Kier alpha value is -2.04. The third-order valence-electron chi connectivity index (χ3n) is 3.69. The Kier molecular flexibility index (Phi) is 7.59. The van der Waals surface area contributed by atoms with Crippen molar-refractivity contribution in [1.82, 2.24) is 10.6 Å². The van der Waals surface area contributed by atoms with E-state index in [0.717, 1.165) is 18.4 Å². The Balaban J connectivity index is 2.64. The van der Waals surface area contributed by atoms with Crippen LogP contribution in [0.2, 0.25) is 0 Å². The van der Waals surface area contributed by atoms with E-state index in [2.05, 4.69) is 17.6 Å². The van der Waals surface area contributed by atoms with Gasteiger partial charge in [0.15, 0.2) is 0 Å². The van der Waals surface area contributed by atoms with E-state index in [1.807, 2.05) is 44.2 Å². The lowest BCUT2D eigenvalue weighted by Gasteiger charge is -2.28. The lowest BCUT2D eigenvalue weighted by Crippen LogP contribution is -2.51. The molecule has 0 radical (unpaired) electrons. The molecule has 0 fully saturated rings. The quantitative estimate of drug-likeness (QED) is 0.653. The molecule has 0 aliphatic heterocycles. The van der Waals surface area contributed by atoms with E-state index in [-0.39, 0.29) is 24.0 Å². The normalized spacial score (nSPS) is 12.5. The van der Waals surface area contributed by atoms with E-state index < -0.39 is 5.97 Å². The van der Waals surface area contributed by atoms with Gasteiger partial charge in [-0.25, -0.2) is 4.79 Å². The summed E-state index contributed by atoms with van der Waals surface area (Å²) in [5.41, 5.74) is 0.805. The summed E-state index contributed by atoms with van der Waals surface area (Å²) in [7, 11) is 0. The number of amides is 2. The summed E-state index contributed by atoms with van der Waals surface area (Å²) in [4.78, 5) is 23.0. The number of benzene rings is 1. The summed E-state index contributed by atoms with van der Waals surface area (Å²) in [5.74, 6) is -0.850. The summed E-state index contributed by atoms with van der Waals surface area (Å²) in [6.07, 6.45) is 2.94. The zero-order valence-electron chi connectivity index (χ0n) is 14.3. The third-order valence-corrected chi connectivity index (χ3v) is 3.69. The first-order chi connectivity index (χ1) is 10.8. The van der Waals surface area contributed by atoms with Crippen LogP contribution in [0.15, 0.2) is 30.3 Å². The number of carbonyl (C=O) groups is 2. The lowest BCUT2D eigenvalue weighted by atomic mass is 9.99. The molecule has 1 aromatic rings. The summed E-state index contributed by atoms with van der Waals surface area (Å²) < 4.78 is 0. The molecule has 0 aromatic heterocycles. The number of hydrogen-bond donors (Lipinski definition) is 3. The fourth-order valence-electron chi connectivity index (χ4n) is 2.64. The molecule has 1 rings (SSSR count). The minimum absolute atomic E-state index is 0.0378. The van der Waals surface area contributed by atoms with E-state index in [4.69, 9.17) is 5.11 Å². The Bertz CT molecular complexity index is 500. The molecule has 0 saturated carbocycles. The van der Waals surface area contributed by atoms with Crippen LogP contribution in [0.1, 0.15) is 52.0 Å². The molecule has 0 spiro atoms. The predicted molar refractivity (Wildman–Crippen MR) is 91.5 cm³/mol. The maximum absolute atomic E-state index is 12.2. The minimum atomic E-state index is -0.850. The van der Waals surface area contributed by atoms with Gasteiger partial charge in [-0.1, -0.05) is 43.7 Å². The van der Waals surface area contributed by atoms with Crippen molar-refractivity contribution in [2.45, 2.75) is 64.5 Å². The second-order valence-electron chi connectivity index (χ2n) is 6.55. The van der Waals surface area contributed by atoms with Crippen LogP contribution in [0.4, 0.5) is 4.79 Å². The third kappa shape index (κ3) is 8.24. The van der Waals surface area contributed by atoms with Crippen LogP contribution < -0.4 is 10.6 Å². The van der Waals surface area contributed by atoms with Gasteiger partial charge in [0.05, 0.1) is 0 Å². The van der Waals surface area contributed by atoms with Crippen molar-refractivity contribution < 1.29 is 14.7 Å². The molecule has 1 aromatic carbocycles. The van der Waals surface area contributed by atoms with Gasteiger partial charge in [0.25, 0.3) is 0 Å². The van der Waals surface area contributed by atoms with Crippen molar-refractivity contribution in [3.05, 3.63) is 35.9 Å². The van der Waals surface area contributed by atoms with Crippen molar-refractivity contribution >= 4 is 12.0 Å². The topological polar surface area (TPSA) is 78.4 Å². The van der Waals surface area contributed by atoms with Crippen molar-refractivity contribution in [3.63, 3.8) is 0 Å². The van der Waals surface area contributed by atoms with Gasteiger partial charge < -0.3 is 15.7 Å². The largest absolute Gasteiger partial charge is 0.481 e. The summed E-state index contributed by atoms with van der Waals surface area (Å²) in [6.45, 7) is 6.05. The highest BCUT2D eigenvalue weighted by molar-refractivity contribution is 5.75. The first-order valence-electron chi connectivity index (χ1n) is 8.17. The van der Waals surface area contributed by atoms with Crippen LogP contribution in [0, 0.1) is 0 Å². The molecule has 0 aliphatic carbocycles. The van der Waals surface area contributed by atoms with Gasteiger partial charge in [0.1, 0.15) is 0 Å². The number of hydrogen-bond acceptors (Lipinski definition) is 2. The van der Waals surface area contributed by atoms with Crippen LogP contribution in [0.5, 0.6) is 0 Å². The van der Waals surface area contributed by atoms with Crippen molar-refractivity contribution in [2.24, 2.45) is 0 Å². The second-order valence-corrected chi connectivity index (χ2v) is 6.55. The zero-order chi connectivity index (χ0) is 17.3. The number of urea groups is 1. The molecule has 3 N–H and O–H groups in total. The SMILES string of the molecule is CCCC(C)(C)NC(=O)NC(CCC(=O)O)Cc1ccccc1. The Morgan fingerprint density at radius 3 is 2.43 bits per heavy atom. The number of carboxylic acids is 1. The van der Waals surface area contributed by atoms with Gasteiger partial charge in [0, 0.05) is 18.0 Å². The highest BCUT2D eigenvalue weighted by Crippen LogP contribution is 2.11. The monoisotopic (exact) mass is 320 g/mol. The van der Waals surface area contributed by atoms with Crippen LogP contribution in [-0.2, 0) is 11.2 Å². The Labute approximate surface area is 138 Å². The van der Waals surface area contributed by atoms with Crippen molar-refractivity contribution in [2.75, 3.05) is 0 Å². The molecule has 0 saturated heterocycles. The van der Waals surface area contributed by atoms with Crippen LogP contribution in [-0.4, -0.2) is 28.7 Å². The average molecular weight is 320 g/mol. The highest BCUT2D eigenvalue weighted by Gasteiger charge is 2.21. The minimum Gasteiger partial charge on any atom is -0.481 e. The van der Waals surface area contributed by atoms with Gasteiger partial charge >= 0.3 is 12.0 Å². The molecule has 0 bridgehead atoms. The smallest absolute Gasteiger partial charge is 0.315 e. The predicted octanol–water partition coefficient (Wildman–Crippen LogP) is 3.34. The summed E-state index contributed by atoms with van der Waals surface area (Å²) in [5, 5.41) is 14.8. The van der Waals surface area contributed by atoms with E-state index in [0.29, 0.717) is 12.8 Å². The van der Waals surface area contributed by atoms with Gasteiger partial charge in [-0.05, 0) is 38.7 Å². The fourth-order valence-corrected chi connectivity index (χ4v) is 2.64. The van der Waals surface area contributed by atoms with E-state index in [1.54, 1.807) is 0 Å². The van der Waals surface area contributed by atoms with Crippen molar-refractivity contribution in [3.8, 4) is 0 Å². The average Bonchev–Trinajstić information content (AvgIpc) is 2.45. The number of nitrogens with one attached hydrogen (secondary N) is 2. The molecular formula is C18H28N2O3. The number of carboxylic acid groups (broad SMARTS) is 1. The Morgan fingerprint density at radius 1 is 1.22 bits per heavy atom. The molecule has 5 nitrogen and oxygen atoms in total. The molecule has 1 unspecified atom stereocenters. The maximum atomic E-state index is 12.2. The Morgan fingerprint density at radius 2 is 1.87 bits per heavy atom. The zero-order valence-corrected chi connectivity index (χ0v) is 14.3. The molecular weight excluding hydrogens is 292 g/mol. The van der Waals surface area contributed by atoms with Crippen molar-refractivity contribution in [1.29, 1.82) is 0 Å². The first kappa shape index (κ1) is 19.0. The maximum Gasteiger partial charge on any atom is 0.315 e. The summed E-state index contributed by atoms with van der Waals surface area (Å²) >= 11 is 0. The molecule has 23 heavy (non-hydrogen) atoms. The first-order valence-corrected chi connectivity index (χ1v) is 8.17. The second kappa shape index (κ2) is 9.18. The van der Waals surface area contributed by atoms with Gasteiger partial charge in [0.2, 0.25) is 0 Å². The molecule has 0 heterocycles. The standard InChI is InChI=1S/C18H28N2O3/c1-4-12-18(2,3)20-17(23)19-15(10-11-16(21)22)13-14-8-6-5-7-9-14/h5-9,15H,4,10-13H2,1-3H3,(H,21,22)(H2,19,20,23). The number of rotatable bonds is 9. The molecule has 2 amide bonds. The van der Waals surface area contributed by atoms with Crippen LogP contribution >= 0.6 is 0 Å². The van der Waals surface area contributed by atoms with Gasteiger partial charge in [-0.2, -0.15) is 0 Å². The molecule has 128 valence electrons. The molecule has 0 aliphatic rings. The lowest BCUT2D eigenvalue weighted by molar-refractivity contribution is -0.137. The van der Waals surface area contributed by atoms with E-state index in [1.165, 1.54) is 0 Å². The number of carbonyl (C=O) groups excluding carboxylic acids is 1.